The lowest BCUT2D eigenvalue weighted by Crippen LogP contribution is -2.05. The van der Waals surface area contributed by atoms with Gasteiger partial charge in [-0.15, -0.1) is 0 Å². The molecule has 2 nitrogen and oxygen atoms in total. The van der Waals surface area contributed by atoms with Crippen molar-refractivity contribution in [3.8, 4) is 11.3 Å². The van der Waals surface area contributed by atoms with E-state index in [0.717, 1.165) is 30.5 Å². The van der Waals surface area contributed by atoms with E-state index >= 15 is 0 Å². The van der Waals surface area contributed by atoms with Gasteiger partial charge in [-0.25, -0.2) is 13.8 Å². The molecule has 7 heteroatoms. The van der Waals surface area contributed by atoms with Crippen molar-refractivity contribution in [2.75, 3.05) is 0 Å². The first-order chi connectivity index (χ1) is 9.86. The summed E-state index contributed by atoms with van der Waals surface area (Å²) in [7, 11) is 0. The second-order valence-electron chi connectivity index (χ2n) is 4.40. The highest BCUT2D eigenvalue weighted by molar-refractivity contribution is 5.64. The Kier molecular flexibility index (Phi) is 2.93. The Morgan fingerprint density at radius 1 is 1.00 bits per heavy atom. The fourth-order valence-corrected chi connectivity index (χ4v) is 2.02. The molecule has 0 fully saturated rings. The highest BCUT2D eigenvalue weighted by atomic mass is 19.4. The number of hydrogen-bond donors (Lipinski definition) is 0. The Morgan fingerprint density at radius 2 is 1.67 bits per heavy atom. The zero-order chi connectivity index (χ0) is 15.2. The van der Waals surface area contributed by atoms with E-state index in [-0.39, 0.29) is 16.9 Å². The van der Waals surface area contributed by atoms with E-state index in [1.54, 1.807) is 0 Å². The molecule has 21 heavy (non-hydrogen) atoms. The number of fused-ring (bicyclic) bond motifs is 1. The highest BCUT2D eigenvalue weighted by Gasteiger charge is 2.30. The summed E-state index contributed by atoms with van der Waals surface area (Å²) in [5.41, 5.74) is -1.34. The fourth-order valence-electron chi connectivity index (χ4n) is 2.02. The number of aromatic nitrogens is 2. The number of imidazole rings is 1. The lowest BCUT2D eigenvalue weighted by atomic mass is 10.1. The van der Waals surface area contributed by atoms with Crippen LogP contribution >= 0.6 is 0 Å². The number of rotatable bonds is 1. The van der Waals surface area contributed by atoms with E-state index < -0.39 is 23.4 Å². The molecule has 0 atom stereocenters. The third kappa shape index (κ3) is 2.35. The van der Waals surface area contributed by atoms with Crippen LogP contribution in [0.2, 0.25) is 0 Å². The van der Waals surface area contributed by atoms with Crippen molar-refractivity contribution in [2.24, 2.45) is 0 Å². The second-order valence-corrected chi connectivity index (χ2v) is 4.40. The molecule has 0 aliphatic heterocycles. The van der Waals surface area contributed by atoms with Crippen molar-refractivity contribution >= 4 is 5.65 Å². The van der Waals surface area contributed by atoms with Crippen LogP contribution in [0.25, 0.3) is 16.9 Å². The molecule has 0 saturated carbocycles. The molecule has 0 radical (unpaired) electrons. The van der Waals surface area contributed by atoms with E-state index in [1.165, 1.54) is 16.7 Å². The van der Waals surface area contributed by atoms with Gasteiger partial charge < -0.3 is 4.40 Å². The standard InChI is InChI=1S/C14H7F5N2/c15-9-2-1-3-10(16)13(9)11-7-21-5-4-8(14(17,18)19)6-12(21)20-11/h1-7H. The summed E-state index contributed by atoms with van der Waals surface area (Å²) in [6, 6.07) is 5.01. The molecule has 0 aliphatic carbocycles. The third-order valence-corrected chi connectivity index (χ3v) is 3.01. The van der Waals surface area contributed by atoms with E-state index in [0.29, 0.717) is 0 Å². The van der Waals surface area contributed by atoms with Crippen molar-refractivity contribution in [1.29, 1.82) is 0 Å². The molecule has 3 aromatic rings. The quantitative estimate of drug-likeness (QED) is 0.612. The Bertz CT molecular complexity index is 800. The first-order valence-corrected chi connectivity index (χ1v) is 5.86. The Balaban J connectivity index is 2.18. The van der Waals surface area contributed by atoms with E-state index in [2.05, 4.69) is 4.98 Å². The Labute approximate surface area is 115 Å². The predicted molar refractivity (Wildman–Crippen MR) is 65.5 cm³/mol. The van der Waals surface area contributed by atoms with Crippen molar-refractivity contribution < 1.29 is 22.0 Å². The molecular formula is C14H7F5N2. The molecule has 0 aliphatic rings. The van der Waals surface area contributed by atoms with Gasteiger partial charge in [0.1, 0.15) is 17.3 Å². The molecule has 1 aromatic carbocycles. The monoisotopic (exact) mass is 298 g/mol. The first kappa shape index (κ1) is 13.5. The zero-order valence-electron chi connectivity index (χ0n) is 10.3. The van der Waals surface area contributed by atoms with Crippen molar-refractivity contribution in [3.63, 3.8) is 0 Å². The molecule has 108 valence electrons. The molecular weight excluding hydrogens is 291 g/mol. The van der Waals surface area contributed by atoms with Crippen LogP contribution in [-0.4, -0.2) is 9.38 Å². The summed E-state index contributed by atoms with van der Waals surface area (Å²) < 4.78 is 66.5. The molecule has 0 saturated heterocycles. The van der Waals surface area contributed by atoms with Gasteiger partial charge in [0.25, 0.3) is 0 Å². The number of hydrogen-bond acceptors (Lipinski definition) is 1. The lowest BCUT2D eigenvalue weighted by molar-refractivity contribution is -0.137. The molecule has 0 bridgehead atoms. The van der Waals surface area contributed by atoms with Crippen molar-refractivity contribution in [1.82, 2.24) is 9.38 Å². The molecule has 2 heterocycles. The van der Waals surface area contributed by atoms with E-state index in [9.17, 15) is 22.0 Å². The minimum Gasteiger partial charge on any atom is -0.306 e. The van der Waals surface area contributed by atoms with Gasteiger partial charge in [-0.05, 0) is 24.3 Å². The van der Waals surface area contributed by atoms with Crippen molar-refractivity contribution in [3.05, 3.63) is 59.9 Å². The summed E-state index contributed by atoms with van der Waals surface area (Å²) in [4.78, 5) is 3.86. The number of benzene rings is 1. The lowest BCUT2D eigenvalue weighted by Gasteiger charge is -2.05. The Morgan fingerprint density at radius 3 is 2.29 bits per heavy atom. The van der Waals surface area contributed by atoms with Gasteiger partial charge in [-0.1, -0.05) is 6.07 Å². The topological polar surface area (TPSA) is 17.3 Å². The SMILES string of the molecule is Fc1cccc(F)c1-c1cn2ccc(C(F)(F)F)cc2n1. The highest BCUT2D eigenvalue weighted by Crippen LogP contribution is 2.31. The maximum atomic E-state index is 13.7. The van der Waals surface area contributed by atoms with E-state index in [1.807, 2.05) is 0 Å². The minimum atomic E-state index is -4.50. The first-order valence-electron chi connectivity index (χ1n) is 5.86. The zero-order valence-corrected chi connectivity index (χ0v) is 10.3. The van der Waals surface area contributed by atoms with Gasteiger partial charge >= 0.3 is 6.18 Å². The molecule has 2 aromatic heterocycles. The summed E-state index contributed by atoms with van der Waals surface area (Å²) in [6.45, 7) is 0. The van der Waals surface area contributed by atoms with Crippen LogP contribution in [0.1, 0.15) is 5.56 Å². The van der Waals surface area contributed by atoms with Crippen molar-refractivity contribution in [2.45, 2.75) is 6.18 Å². The minimum absolute atomic E-state index is 0.0394. The average molecular weight is 298 g/mol. The number of halogens is 5. The van der Waals surface area contributed by atoms with Gasteiger partial charge in [0.05, 0.1) is 16.8 Å². The average Bonchev–Trinajstić information content (AvgIpc) is 2.79. The summed E-state index contributed by atoms with van der Waals surface area (Å²) in [5.74, 6) is -1.65. The molecule has 0 spiro atoms. The Hall–Kier alpha value is -2.44. The predicted octanol–water partition coefficient (Wildman–Crippen LogP) is 4.30. The van der Waals surface area contributed by atoms with Gasteiger partial charge in [0.15, 0.2) is 0 Å². The van der Waals surface area contributed by atoms with Gasteiger partial charge in [0, 0.05) is 12.4 Å². The maximum Gasteiger partial charge on any atom is 0.416 e. The van der Waals surface area contributed by atoms with Gasteiger partial charge in [0.2, 0.25) is 0 Å². The smallest absolute Gasteiger partial charge is 0.306 e. The fraction of sp³-hybridized carbons (Fsp3) is 0.0714. The molecule has 0 N–H and O–H groups in total. The van der Waals surface area contributed by atoms with Crippen LogP contribution in [0, 0.1) is 11.6 Å². The molecule has 0 amide bonds. The second kappa shape index (κ2) is 4.54. The van der Waals surface area contributed by atoms with Crippen LogP contribution in [0.3, 0.4) is 0 Å². The number of nitrogens with zero attached hydrogens (tertiary/aromatic N) is 2. The largest absolute Gasteiger partial charge is 0.416 e. The summed E-state index contributed by atoms with van der Waals surface area (Å²) >= 11 is 0. The number of alkyl halides is 3. The van der Waals surface area contributed by atoms with Crippen LogP contribution < -0.4 is 0 Å². The molecule has 3 rings (SSSR count). The summed E-state index contributed by atoms with van der Waals surface area (Å²) in [6.07, 6.45) is -2.08. The van der Waals surface area contributed by atoms with Gasteiger partial charge in [-0.2, -0.15) is 13.2 Å². The van der Waals surface area contributed by atoms with Crippen LogP contribution in [0.5, 0.6) is 0 Å². The van der Waals surface area contributed by atoms with E-state index in [4.69, 9.17) is 0 Å². The van der Waals surface area contributed by atoms with Gasteiger partial charge in [-0.3, -0.25) is 0 Å². The van der Waals surface area contributed by atoms with Crippen LogP contribution in [0.4, 0.5) is 22.0 Å². The number of pyridine rings is 1. The van der Waals surface area contributed by atoms with Crippen LogP contribution in [-0.2, 0) is 6.18 Å². The maximum absolute atomic E-state index is 13.7. The van der Waals surface area contributed by atoms with Crippen LogP contribution in [0.15, 0.2) is 42.7 Å². The third-order valence-electron chi connectivity index (χ3n) is 3.01. The normalized spacial score (nSPS) is 12.0. The summed E-state index contributed by atoms with van der Waals surface area (Å²) in [5, 5.41) is 0. The molecule has 0 unspecified atom stereocenters.